The SMILES string of the molecule is CC(=O)[C@]1(C2CC2)CC[C@H](N2CCN[C@@H](C)C2)CC1. The molecular weight excluding hydrogens is 236 g/mol. The van der Waals surface area contributed by atoms with Crippen molar-refractivity contribution in [2.45, 2.75) is 64.5 Å². The quantitative estimate of drug-likeness (QED) is 0.848. The Bertz CT molecular complexity index is 343. The molecule has 0 bridgehead atoms. The topological polar surface area (TPSA) is 32.3 Å². The average molecular weight is 264 g/mol. The number of piperazine rings is 1. The molecule has 3 aliphatic rings. The van der Waals surface area contributed by atoms with E-state index in [9.17, 15) is 4.79 Å². The van der Waals surface area contributed by atoms with Gasteiger partial charge < -0.3 is 5.32 Å². The Kier molecular flexibility index (Phi) is 3.69. The molecule has 3 heteroatoms. The van der Waals surface area contributed by atoms with Crippen molar-refractivity contribution in [3.05, 3.63) is 0 Å². The number of Topliss-reactive ketones (excluding diaryl/α,β-unsaturated/α-hetero) is 1. The van der Waals surface area contributed by atoms with Gasteiger partial charge in [-0.25, -0.2) is 0 Å². The van der Waals surface area contributed by atoms with E-state index in [-0.39, 0.29) is 5.41 Å². The summed E-state index contributed by atoms with van der Waals surface area (Å²) in [6.07, 6.45) is 7.38. The van der Waals surface area contributed by atoms with Crippen LogP contribution in [0.15, 0.2) is 0 Å². The molecule has 0 spiro atoms. The van der Waals surface area contributed by atoms with Crippen molar-refractivity contribution in [3.8, 4) is 0 Å². The van der Waals surface area contributed by atoms with E-state index in [1.54, 1.807) is 0 Å². The second-order valence-corrected chi connectivity index (χ2v) is 7.07. The van der Waals surface area contributed by atoms with E-state index in [4.69, 9.17) is 0 Å². The third-order valence-electron chi connectivity index (χ3n) is 5.82. The van der Waals surface area contributed by atoms with Crippen LogP contribution in [0.25, 0.3) is 0 Å². The Balaban J connectivity index is 1.60. The van der Waals surface area contributed by atoms with Crippen LogP contribution in [-0.4, -0.2) is 42.4 Å². The number of carbonyl (C=O) groups excluding carboxylic acids is 1. The summed E-state index contributed by atoms with van der Waals surface area (Å²) in [5.41, 5.74) is 0.0795. The Labute approximate surface area is 117 Å². The van der Waals surface area contributed by atoms with Crippen molar-refractivity contribution in [1.82, 2.24) is 10.2 Å². The maximum Gasteiger partial charge on any atom is 0.136 e. The first-order chi connectivity index (χ1) is 9.12. The molecule has 1 saturated heterocycles. The summed E-state index contributed by atoms with van der Waals surface area (Å²) in [6.45, 7) is 7.61. The monoisotopic (exact) mass is 264 g/mol. The molecule has 3 rings (SSSR count). The van der Waals surface area contributed by atoms with Gasteiger partial charge in [-0.2, -0.15) is 0 Å². The van der Waals surface area contributed by atoms with Crippen molar-refractivity contribution in [1.29, 1.82) is 0 Å². The lowest BCUT2D eigenvalue weighted by atomic mass is 9.66. The average Bonchev–Trinajstić information content (AvgIpc) is 3.23. The summed E-state index contributed by atoms with van der Waals surface area (Å²) >= 11 is 0. The van der Waals surface area contributed by atoms with E-state index in [0.29, 0.717) is 11.8 Å². The normalized spacial score (nSPS) is 41.2. The molecule has 0 aromatic heterocycles. The van der Waals surface area contributed by atoms with Crippen LogP contribution in [-0.2, 0) is 4.79 Å². The molecule has 1 heterocycles. The first-order valence-electron chi connectivity index (χ1n) is 8.10. The molecule has 0 amide bonds. The first kappa shape index (κ1) is 13.6. The molecule has 0 aromatic carbocycles. The fourth-order valence-corrected chi connectivity index (χ4v) is 4.46. The smallest absolute Gasteiger partial charge is 0.136 e. The summed E-state index contributed by atoms with van der Waals surface area (Å²) in [5, 5.41) is 3.52. The summed E-state index contributed by atoms with van der Waals surface area (Å²) in [7, 11) is 0. The highest BCUT2D eigenvalue weighted by atomic mass is 16.1. The fourth-order valence-electron chi connectivity index (χ4n) is 4.46. The summed E-state index contributed by atoms with van der Waals surface area (Å²) in [6, 6.07) is 1.35. The van der Waals surface area contributed by atoms with E-state index in [1.807, 2.05) is 6.92 Å². The van der Waals surface area contributed by atoms with E-state index in [1.165, 1.54) is 38.8 Å². The molecule has 108 valence electrons. The van der Waals surface area contributed by atoms with E-state index in [0.717, 1.165) is 31.3 Å². The van der Waals surface area contributed by atoms with Crippen molar-refractivity contribution in [2.75, 3.05) is 19.6 Å². The van der Waals surface area contributed by atoms with Gasteiger partial charge in [0, 0.05) is 37.1 Å². The molecule has 19 heavy (non-hydrogen) atoms. The van der Waals surface area contributed by atoms with Crippen molar-refractivity contribution in [3.63, 3.8) is 0 Å². The van der Waals surface area contributed by atoms with E-state index >= 15 is 0 Å². The van der Waals surface area contributed by atoms with Gasteiger partial charge in [-0.3, -0.25) is 9.69 Å². The molecule has 1 atom stereocenters. The zero-order chi connectivity index (χ0) is 13.5. The molecular formula is C16H28N2O. The Morgan fingerprint density at radius 3 is 2.42 bits per heavy atom. The molecule has 1 aliphatic heterocycles. The summed E-state index contributed by atoms with van der Waals surface area (Å²) in [5.74, 6) is 1.20. The largest absolute Gasteiger partial charge is 0.312 e. The van der Waals surface area contributed by atoms with Gasteiger partial charge in [-0.15, -0.1) is 0 Å². The highest BCUT2D eigenvalue weighted by Gasteiger charge is 2.50. The zero-order valence-electron chi connectivity index (χ0n) is 12.5. The molecule has 3 nitrogen and oxygen atoms in total. The second kappa shape index (κ2) is 5.17. The van der Waals surface area contributed by atoms with Gasteiger partial charge in [-0.05, 0) is 58.3 Å². The molecule has 3 fully saturated rings. The van der Waals surface area contributed by atoms with Gasteiger partial charge in [0.2, 0.25) is 0 Å². The Morgan fingerprint density at radius 2 is 1.89 bits per heavy atom. The minimum Gasteiger partial charge on any atom is -0.312 e. The van der Waals surface area contributed by atoms with Crippen LogP contribution < -0.4 is 5.32 Å². The van der Waals surface area contributed by atoms with Gasteiger partial charge >= 0.3 is 0 Å². The third kappa shape index (κ3) is 2.59. The number of hydrogen-bond donors (Lipinski definition) is 1. The first-order valence-corrected chi connectivity index (χ1v) is 8.10. The fraction of sp³-hybridized carbons (Fsp3) is 0.938. The molecule has 0 unspecified atom stereocenters. The number of nitrogens with zero attached hydrogens (tertiary/aromatic N) is 1. The number of carbonyl (C=O) groups is 1. The van der Waals surface area contributed by atoms with Crippen molar-refractivity contribution >= 4 is 5.78 Å². The zero-order valence-corrected chi connectivity index (χ0v) is 12.5. The summed E-state index contributed by atoms with van der Waals surface area (Å²) < 4.78 is 0. The van der Waals surface area contributed by atoms with Crippen LogP contribution in [0, 0.1) is 11.3 Å². The molecule has 2 saturated carbocycles. The van der Waals surface area contributed by atoms with Crippen LogP contribution >= 0.6 is 0 Å². The van der Waals surface area contributed by atoms with Crippen LogP contribution in [0.5, 0.6) is 0 Å². The maximum atomic E-state index is 12.1. The van der Waals surface area contributed by atoms with Crippen LogP contribution in [0.2, 0.25) is 0 Å². The lowest BCUT2D eigenvalue weighted by Crippen LogP contribution is -2.54. The van der Waals surface area contributed by atoms with Gasteiger partial charge in [0.25, 0.3) is 0 Å². The molecule has 0 radical (unpaired) electrons. The van der Waals surface area contributed by atoms with Gasteiger partial charge in [0.15, 0.2) is 0 Å². The lowest BCUT2D eigenvalue weighted by molar-refractivity contribution is -0.130. The molecule has 2 aliphatic carbocycles. The third-order valence-corrected chi connectivity index (χ3v) is 5.82. The molecule has 1 N–H and O–H groups in total. The van der Waals surface area contributed by atoms with Crippen LogP contribution in [0.3, 0.4) is 0 Å². The summed E-state index contributed by atoms with van der Waals surface area (Å²) in [4.78, 5) is 14.8. The number of ketones is 1. The highest BCUT2D eigenvalue weighted by molar-refractivity contribution is 5.83. The Morgan fingerprint density at radius 1 is 1.21 bits per heavy atom. The minimum atomic E-state index is 0.0795. The lowest BCUT2D eigenvalue weighted by Gasteiger charge is -2.45. The second-order valence-electron chi connectivity index (χ2n) is 7.07. The minimum absolute atomic E-state index is 0.0795. The van der Waals surface area contributed by atoms with Crippen LogP contribution in [0.1, 0.15) is 52.4 Å². The standard InChI is InChI=1S/C16H28N2O/c1-12-11-18(10-9-17-12)15-5-7-16(8-6-15,13(2)19)14-3-4-14/h12,14-15,17H,3-11H2,1-2H3/t12-,15-,16-/m0/s1. The maximum absolute atomic E-state index is 12.1. The Hall–Kier alpha value is -0.410. The predicted octanol–water partition coefficient (Wildman–Crippen LogP) is 2.21. The van der Waals surface area contributed by atoms with E-state index in [2.05, 4.69) is 17.1 Å². The van der Waals surface area contributed by atoms with Gasteiger partial charge in [0.05, 0.1) is 0 Å². The van der Waals surface area contributed by atoms with Gasteiger partial charge in [-0.1, -0.05) is 0 Å². The molecule has 0 aromatic rings. The van der Waals surface area contributed by atoms with Crippen molar-refractivity contribution in [2.24, 2.45) is 11.3 Å². The number of hydrogen-bond acceptors (Lipinski definition) is 3. The number of nitrogens with one attached hydrogen (secondary N) is 1. The van der Waals surface area contributed by atoms with E-state index < -0.39 is 0 Å². The van der Waals surface area contributed by atoms with Gasteiger partial charge in [0.1, 0.15) is 5.78 Å². The highest BCUT2D eigenvalue weighted by Crippen LogP contribution is 2.54. The van der Waals surface area contributed by atoms with Crippen LogP contribution in [0.4, 0.5) is 0 Å². The van der Waals surface area contributed by atoms with Crippen molar-refractivity contribution < 1.29 is 4.79 Å². The predicted molar refractivity (Wildman–Crippen MR) is 77.1 cm³/mol. The number of rotatable bonds is 3.